The van der Waals surface area contributed by atoms with Crippen LogP contribution in [0.2, 0.25) is 0 Å². The lowest BCUT2D eigenvalue weighted by Crippen LogP contribution is -2.15. The fraction of sp³-hybridized carbons (Fsp3) is 0. The number of halogens is 1. The van der Waals surface area contributed by atoms with Crippen LogP contribution in [-0.2, 0) is 10.0 Å². The van der Waals surface area contributed by atoms with Gasteiger partial charge in [0.15, 0.2) is 0 Å². The first-order valence-electron chi connectivity index (χ1n) is 8.65. The standard InChI is InChI=1S/C20H15FN4O3S2/c21-13-6-8-15(9-7-13)25-12-17(19(24-25)18-5-2-10-29-18)20(26)23-14-3-1-4-16(11-14)30(22,27)28/h1-12H,(H,23,26)(H2,22,27,28). The monoisotopic (exact) mass is 442 g/mol. The van der Waals surface area contributed by atoms with Crippen LogP contribution in [0.1, 0.15) is 10.4 Å². The third-order valence-corrected chi connectivity index (χ3v) is 6.01. The molecule has 0 spiro atoms. The lowest BCUT2D eigenvalue weighted by molar-refractivity contribution is 0.102. The molecule has 4 rings (SSSR count). The lowest BCUT2D eigenvalue weighted by Gasteiger charge is -2.06. The Bertz CT molecular complexity index is 1310. The van der Waals surface area contributed by atoms with Crippen LogP contribution in [0, 0.1) is 5.82 Å². The number of thiophene rings is 1. The number of carbonyl (C=O) groups is 1. The highest BCUT2D eigenvalue weighted by Crippen LogP contribution is 2.28. The number of aromatic nitrogens is 2. The third-order valence-electron chi connectivity index (χ3n) is 4.23. The zero-order valence-corrected chi connectivity index (χ0v) is 17.0. The van der Waals surface area contributed by atoms with Crippen LogP contribution in [0.25, 0.3) is 16.3 Å². The van der Waals surface area contributed by atoms with Gasteiger partial charge in [-0.05, 0) is 53.9 Å². The van der Waals surface area contributed by atoms with Gasteiger partial charge in [-0.3, -0.25) is 4.79 Å². The molecule has 0 bridgehead atoms. The fourth-order valence-corrected chi connectivity index (χ4v) is 4.09. The summed E-state index contributed by atoms with van der Waals surface area (Å²) in [6.45, 7) is 0. The van der Waals surface area contributed by atoms with Gasteiger partial charge in [-0.15, -0.1) is 11.3 Å². The second kappa shape index (κ2) is 7.82. The molecule has 4 aromatic rings. The summed E-state index contributed by atoms with van der Waals surface area (Å²) < 4.78 is 37.9. The van der Waals surface area contributed by atoms with Gasteiger partial charge in [0.1, 0.15) is 11.5 Å². The summed E-state index contributed by atoms with van der Waals surface area (Å²) in [6.07, 6.45) is 1.54. The van der Waals surface area contributed by atoms with E-state index in [-0.39, 0.29) is 22.0 Å². The highest BCUT2D eigenvalue weighted by molar-refractivity contribution is 7.89. The molecule has 1 amide bonds. The Morgan fingerprint density at radius 3 is 2.53 bits per heavy atom. The van der Waals surface area contributed by atoms with Crippen molar-refractivity contribution in [3.05, 3.63) is 83.6 Å². The normalized spacial score (nSPS) is 11.4. The minimum Gasteiger partial charge on any atom is -0.322 e. The summed E-state index contributed by atoms with van der Waals surface area (Å²) in [4.78, 5) is 13.7. The summed E-state index contributed by atoms with van der Waals surface area (Å²) in [5.41, 5.74) is 1.60. The van der Waals surface area contributed by atoms with Crippen molar-refractivity contribution in [2.24, 2.45) is 5.14 Å². The molecule has 152 valence electrons. The zero-order chi connectivity index (χ0) is 21.3. The molecule has 2 aromatic carbocycles. The fourth-order valence-electron chi connectivity index (χ4n) is 2.81. The number of rotatable bonds is 5. The molecule has 10 heteroatoms. The van der Waals surface area contributed by atoms with Crippen molar-refractivity contribution in [1.82, 2.24) is 9.78 Å². The first kappa shape index (κ1) is 20.0. The number of primary sulfonamides is 1. The number of nitrogens with one attached hydrogen (secondary N) is 1. The molecule has 0 radical (unpaired) electrons. The maximum absolute atomic E-state index is 13.3. The van der Waals surface area contributed by atoms with Gasteiger partial charge in [0, 0.05) is 11.9 Å². The first-order valence-corrected chi connectivity index (χ1v) is 11.1. The predicted octanol–water partition coefficient (Wildman–Crippen LogP) is 3.64. The molecule has 7 nitrogen and oxygen atoms in total. The summed E-state index contributed by atoms with van der Waals surface area (Å²) in [7, 11) is -3.90. The molecule has 0 aliphatic rings. The van der Waals surface area contributed by atoms with E-state index in [9.17, 15) is 17.6 Å². The van der Waals surface area contributed by atoms with Crippen LogP contribution in [0.5, 0.6) is 0 Å². The molecular weight excluding hydrogens is 427 g/mol. The maximum atomic E-state index is 13.3. The van der Waals surface area contributed by atoms with Crippen LogP contribution in [0.15, 0.2) is 77.1 Å². The zero-order valence-electron chi connectivity index (χ0n) is 15.3. The molecule has 0 saturated carbocycles. The minimum atomic E-state index is -3.90. The lowest BCUT2D eigenvalue weighted by atomic mass is 10.2. The van der Waals surface area contributed by atoms with Crippen molar-refractivity contribution >= 4 is 33.0 Å². The van der Waals surface area contributed by atoms with Crippen molar-refractivity contribution in [3.8, 4) is 16.3 Å². The number of nitrogens with two attached hydrogens (primary N) is 1. The van der Waals surface area contributed by atoms with Gasteiger partial charge in [0.2, 0.25) is 10.0 Å². The number of nitrogens with zero attached hydrogens (tertiary/aromatic N) is 2. The van der Waals surface area contributed by atoms with Crippen molar-refractivity contribution in [2.75, 3.05) is 5.32 Å². The Hall–Kier alpha value is -3.34. The number of sulfonamides is 1. The Labute approximate surface area is 175 Å². The average molecular weight is 442 g/mol. The molecule has 30 heavy (non-hydrogen) atoms. The van der Waals surface area contributed by atoms with E-state index in [2.05, 4.69) is 10.4 Å². The van der Waals surface area contributed by atoms with Crippen LogP contribution >= 0.6 is 11.3 Å². The molecule has 0 atom stereocenters. The van der Waals surface area contributed by atoms with E-state index in [1.54, 1.807) is 24.4 Å². The van der Waals surface area contributed by atoms with Gasteiger partial charge in [-0.1, -0.05) is 12.1 Å². The summed E-state index contributed by atoms with van der Waals surface area (Å²) in [5, 5.41) is 14.2. The molecule has 3 N–H and O–H groups in total. The maximum Gasteiger partial charge on any atom is 0.259 e. The third kappa shape index (κ3) is 4.15. The predicted molar refractivity (Wildman–Crippen MR) is 113 cm³/mol. The van der Waals surface area contributed by atoms with Gasteiger partial charge in [-0.2, -0.15) is 5.10 Å². The van der Waals surface area contributed by atoms with Gasteiger partial charge in [0.25, 0.3) is 5.91 Å². The summed E-state index contributed by atoms with van der Waals surface area (Å²) in [6, 6.07) is 15.1. The highest BCUT2D eigenvalue weighted by atomic mass is 32.2. The average Bonchev–Trinajstić information content (AvgIpc) is 3.38. The van der Waals surface area contributed by atoms with Crippen molar-refractivity contribution in [3.63, 3.8) is 0 Å². The highest BCUT2D eigenvalue weighted by Gasteiger charge is 2.20. The van der Waals surface area contributed by atoms with Crippen molar-refractivity contribution in [2.45, 2.75) is 4.90 Å². The largest absolute Gasteiger partial charge is 0.322 e. The Morgan fingerprint density at radius 1 is 1.10 bits per heavy atom. The van der Waals surface area contributed by atoms with E-state index in [0.29, 0.717) is 11.4 Å². The van der Waals surface area contributed by atoms with E-state index in [0.717, 1.165) is 4.88 Å². The van der Waals surface area contributed by atoms with Crippen LogP contribution in [0.3, 0.4) is 0 Å². The number of anilines is 1. The number of amides is 1. The van der Waals surface area contributed by atoms with E-state index >= 15 is 0 Å². The van der Waals surface area contributed by atoms with Gasteiger partial charge in [-0.25, -0.2) is 22.6 Å². The van der Waals surface area contributed by atoms with E-state index in [1.165, 1.54) is 46.4 Å². The van der Waals surface area contributed by atoms with Crippen LogP contribution in [0.4, 0.5) is 10.1 Å². The molecule has 0 aliphatic carbocycles. The Balaban J connectivity index is 1.72. The Kier molecular flexibility index (Phi) is 5.20. The molecule has 0 aliphatic heterocycles. The van der Waals surface area contributed by atoms with E-state index < -0.39 is 15.9 Å². The van der Waals surface area contributed by atoms with Gasteiger partial charge >= 0.3 is 0 Å². The second-order valence-corrected chi connectivity index (χ2v) is 8.83. The topological polar surface area (TPSA) is 107 Å². The number of hydrogen-bond acceptors (Lipinski definition) is 5. The van der Waals surface area contributed by atoms with Crippen LogP contribution < -0.4 is 10.5 Å². The van der Waals surface area contributed by atoms with Gasteiger partial charge in [0.05, 0.1) is 21.0 Å². The molecule has 0 saturated heterocycles. The van der Waals surface area contributed by atoms with Crippen molar-refractivity contribution < 1.29 is 17.6 Å². The second-order valence-electron chi connectivity index (χ2n) is 6.32. The SMILES string of the molecule is NS(=O)(=O)c1cccc(NC(=O)c2cn(-c3ccc(F)cc3)nc2-c2cccs2)c1. The summed E-state index contributed by atoms with van der Waals surface area (Å²) >= 11 is 1.42. The molecular formula is C20H15FN4O3S2. The van der Waals surface area contributed by atoms with E-state index in [1.807, 2.05) is 17.5 Å². The number of hydrogen-bond donors (Lipinski definition) is 2. The smallest absolute Gasteiger partial charge is 0.259 e. The van der Waals surface area contributed by atoms with Crippen molar-refractivity contribution in [1.29, 1.82) is 0 Å². The molecule has 2 heterocycles. The minimum absolute atomic E-state index is 0.110. The quantitative estimate of drug-likeness (QED) is 0.492. The van der Waals surface area contributed by atoms with Crippen LogP contribution in [-0.4, -0.2) is 24.1 Å². The number of carbonyl (C=O) groups excluding carboxylic acids is 1. The Morgan fingerprint density at radius 2 is 1.87 bits per heavy atom. The molecule has 2 aromatic heterocycles. The molecule has 0 fully saturated rings. The van der Waals surface area contributed by atoms with Gasteiger partial charge < -0.3 is 5.32 Å². The number of benzene rings is 2. The molecule has 0 unspecified atom stereocenters. The summed E-state index contributed by atoms with van der Waals surface area (Å²) in [5.74, 6) is -0.851. The first-order chi connectivity index (χ1) is 14.3. The van der Waals surface area contributed by atoms with E-state index in [4.69, 9.17) is 5.14 Å².